The number of hydrogen-bond donors (Lipinski definition) is 1. The monoisotopic (exact) mass is 317 g/mol. The van der Waals surface area contributed by atoms with Crippen molar-refractivity contribution in [2.45, 2.75) is 10.4 Å². The van der Waals surface area contributed by atoms with E-state index in [1.807, 2.05) is 17.5 Å². The first-order valence-electron chi connectivity index (χ1n) is 5.58. The Morgan fingerprint density at radius 2 is 1.90 bits per heavy atom. The van der Waals surface area contributed by atoms with Crippen LogP contribution in [0.3, 0.4) is 0 Å². The van der Waals surface area contributed by atoms with Gasteiger partial charge in [0.25, 0.3) is 0 Å². The van der Waals surface area contributed by atoms with Gasteiger partial charge in [-0.2, -0.15) is 13.2 Å². The van der Waals surface area contributed by atoms with Crippen LogP contribution in [0.2, 0.25) is 0 Å². The van der Waals surface area contributed by atoms with Crippen LogP contribution >= 0.6 is 23.1 Å². The fraction of sp³-hybridized carbons (Fsp3) is 0.154. The first-order valence-corrected chi connectivity index (χ1v) is 7.45. The summed E-state index contributed by atoms with van der Waals surface area (Å²) in [6.07, 6.45) is -4.36. The van der Waals surface area contributed by atoms with E-state index in [4.69, 9.17) is 0 Å². The molecule has 0 unspecified atom stereocenters. The number of halogens is 3. The molecule has 0 aliphatic rings. The first-order chi connectivity index (χ1) is 9.45. The van der Waals surface area contributed by atoms with Gasteiger partial charge in [-0.25, -0.2) is 0 Å². The van der Waals surface area contributed by atoms with Crippen molar-refractivity contribution in [3.05, 3.63) is 47.3 Å². The van der Waals surface area contributed by atoms with E-state index >= 15 is 0 Å². The van der Waals surface area contributed by atoms with E-state index in [0.717, 1.165) is 16.3 Å². The molecule has 0 spiro atoms. The highest BCUT2D eigenvalue weighted by atomic mass is 32.2. The Hall–Kier alpha value is -1.47. The van der Waals surface area contributed by atoms with Crippen molar-refractivity contribution in [2.75, 3.05) is 11.1 Å². The van der Waals surface area contributed by atoms with Crippen molar-refractivity contribution in [2.24, 2.45) is 0 Å². The van der Waals surface area contributed by atoms with Gasteiger partial charge < -0.3 is 5.32 Å². The molecular formula is C13H10F3NOS2. The van der Waals surface area contributed by atoms with Gasteiger partial charge >= 0.3 is 6.18 Å². The summed E-state index contributed by atoms with van der Waals surface area (Å²) in [5, 5.41) is 4.47. The molecule has 2 rings (SSSR count). The zero-order valence-electron chi connectivity index (χ0n) is 10.1. The van der Waals surface area contributed by atoms with E-state index in [9.17, 15) is 18.0 Å². The van der Waals surface area contributed by atoms with Gasteiger partial charge in [0.15, 0.2) is 0 Å². The Morgan fingerprint density at radius 3 is 2.45 bits per heavy atom. The van der Waals surface area contributed by atoms with E-state index < -0.39 is 11.7 Å². The quantitative estimate of drug-likeness (QED) is 0.841. The number of hydrogen-bond acceptors (Lipinski definition) is 3. The second-order valence-corrected chi connectivity index (χ2v) is 6.07. The molecule has 1 aromatic heterocycles. The molecule has 2 nitrogen and oxygen atoms in total. The highest BCUT2D eigenvalue weighted by molar-refractivity contribution is 8.01. The van der Waals surface area contributed by atoms with Gasteiger partial charge in [-0.15, -0.1) is 23.1 Å². The molecule has 1 aromatic carbocycles. The number of rotatable bonds is 4. The maximum Gasteiger partial charge on any atom is 0.416 e. The van der Waals surface area contributed by atoms with Gasteiger partial charge in [-0.1, -0.05) is 6.07 Å². The van der Waals surface area contributed by atoms with E-state index in [0.29, 0.717) is 5.69 Å². The second kappa shape index (κ2) is 6.32. The summed E-state index contributed by atoms with van der Waals surface area (Å²) < 4.78 is 38.1. The van der Waals surface area contributed by atoms with Crippen LogP contribution < -0.4 is 5.32 Å². The highest BCUT2D eigenvalue weighted by Crippen LogP contribution is 2.30. The standard InChI is InChI=1S/C13H10F3NOS2/c14-13(15,16)9-3-5-10(6-4-9)17-11(18)8-20-12-2-1-7-19-12/h1-7H,8H2,(H,17,18). The predicted molar refractivity (Wildman–Crippen MR) is 75.1 cm³/mol. The van der Waals surface area contributed by atoms with Gasteiger partial charge in [-0.05, 0) is 35.7 Å². The molecule has 0 bridgehead atoms. The zero-order chi connectivity index (χ0) is 14.6. The largest absolute Gasteiger partial charge is 0.416 e. The third-order valence-corrected chi connectivity index (χ3v) is 4.47. The summed E-state index contributed by atoms with van der Waals surface area (Å²) >= 11 is 2.92. The molecule has 0 saturated carbocycles. The Kier molecular flexibility index (Phi) is 4.72. The van der Waals surface area contributed by atoms with Crippen LogP contribution in [0, 0.1) is 0 Å². The van der Waals surface area contributed by atoms with Crippen LogP contribution in [0.1, 0.15) is 5.56 Å². The van der Waals surface area contributed by atoms with Gasteiger partial charge in [-0.3, -0.25) is 4.79 Å². The zero-order valence-corrected chi connectivity index (χ0v) is 11.7. The summed E-state index contributed by atoms with van der Waals surface area (Å²) in [6.45, 7) is 0. The van der Waals surface area contributed by atoms with Crippen molar-refractivity contribution in [1.29, 1.82) is 0 Å². The molecule has 1 heterocycles. The number of nitrogens with one attached hydrogen (secondary N) is 1. The normalized spacial score (nSPS) is 11.3. The van der Waals surface area contributed by atoms with E-state index in [2.05, 4.69) is 5.32 Å². The van der Waals surface area contributed by atoms with Crippen molar-refractivity contribution < 1.29 is 18.0 Å². The highest BCUT2D eigenvalue weighted by Gasteiger charge is 2.29. The molecule has 0 fully saturated rings. The van der Waals surface area contributed by atoms with Crippen molar-refractivity contribution in [3.63, 3.8) is 0 Å². The molecular weight excluding hydrogens is 307 g/mol. The number of thiophene rings is 1. The number of benzene rings is 1. The second-order valence-electron chi connectivity index (χ2n) is 3.84. The minimum absolute atomic E-state index is 0.224. The van der Waals surface area contributed by atoms with Crippen LogP contribution in [0.4, 0.5) is 18.9 Å². The molecule has 1 N–H and O–H groups in total. The molecule has 0 aliphatic heterocycles. The molecule has 1 amide bonds. The van der Waals surface area contributed by atoms with Crippen LogP contribution in [0.15, 0.2) is 46.0 Å². The molecule has 106 valence electrons. The number of amides is 1. The van der Waals surface area contributed by atoms with E-state index in [1.165, 1.54) is 35.2 Å². The van der Waals surface area contributed by atoms with Crippen LogP contribution in [-0.2, 0) is 11.0 Å². The number of thioether (sulfide) groups is 1. The van der Waals surface area contributed by atoms with Crippen LogP contribution in [0.5, 0.6) is 0 Å². The summed E-state index contributed by atoms with van der Waals surface area (Å²) in [4.78, 5) is 11.6. The smallest absolute Gasteiger partial charge is 0.325 e. The summed E-state index contributed by atoms with van der Waals surface area (Å²) in [5.74, 6) is -0.0233. The first kappa shape index (κ1) is 14.9. The number of alkyl halides is 3. The Labute approximate surface area is 122 Å². The minimum atomic E-state index is -4.36. The van der Waals surface area contributed by atoms with Gasteiger partial charge in [0.05, 0.1) is 15.5 Å². The lowest BCUT2D eigenvalue weighted by molar-refractivity contribution is -0.137. The molecule has 0 atom stereocenters. The van der Waals surface area contributed by atoms with Crippen LogP contribution in [-0.4, -0.2) is 11.7 Å². The summed E-state index contributed by atoms with van der Waals surface area (Å²) in [5.41, 5.74) is -0.377. The van der Waals surface area contributed by atoms with Gasteiger partial charge in [0.1, 0.15) is 0 Å². The predicted octanol–water partition coefficient (Wildman–Crippen LogP) is 4.50. The van der Waals surface area contributed by atoms with E-state index in [-0.39, 0.29) is 11.7 Å². The average Bonchev–Trinajstić information content (AvgIpc) is 2.89. The lowest BCUT2D eigenvalue weighted by atomic mass is 10.2. The maximum absolute atomic E-state index is 12.4. The Bertz CT molecular complexity index is 564. The summed E-state index contributed by atoms with van der Waals surface area (Å²) in [6, 6.07) is 8.18. The molecule has 20 heavy (non-hydrogen) atoms. The molecule has 0 saturated heterocycles. The molecule has 0 aliphatic carbocycles. The number of carbonyl (C=O) groups is 1. The lowest BCUT2D eigenvalue weighted by Crippen LogP contribution is -2.14. The van der Waals surface area contributed by atoms with Crippen molar-refractivity contribution in [1.82, 2.24) is 0 Å². The third kappa shape index (κ3) is 4.28. The summed E-state index contributed by atoms with van der Waals surface area (Å²) in [7, 11) is 0. The Balaban J connectivity index is 1.88. The SMILES string of the molecule is O=C(CSc1cccs1)Nc1ccc(C(F)(F)F)cc1. The lowest BCUT2D eigenvalue weighted by Gasteiger charge is -2.08. The maximum atomic E-state index is 12.4. The van der Waals surface area contributed by atoms with Crippen LogP contribution in [0.25, 0.3) is 0 Å². The minimum Gasteiger partial charge on any atom is -0.325 e. The van der Waals surface area contributed by atoms with Gasteiger partial charge in [0.2, 0.25) is 5.91 Å². The fourth-order valence-electron chi connectivity index (χ4n) is 1.42. The van der Waals surface area contributed by atoms with Crippen molar-refractivity contribution in [3.8, 4) is 0 Å². The molecule has 7 heteroatoms. The van der Waals surface area contributed by atoms with Crippen molar-refractivity contribution >= 4 is 34.7 Å². The average molecular weight is 317 g/mol. The molecule has 0 radical (unpaired) electrons. The topological polar surface area (TPSA) is 29.1 Å². The Morgan fingerprint density at radius 1 is 1.20 bits per heavy atom. The van der Waals surface area contributed by atoms with E-state index in [1.54, 1.807) is 0 Å². The third-order valence-electron chi connectivity index (χ3n) is 2.34. The fourth-order valence-corrected chi connectivity index (χ4v) is 3.01. The molecule has 2 aromatic rings. The van der Waals surface area contributed by atoms with Gasteiger partial charge in [0, 0.05) is 5.69 Å². The number of anilines is 1. The number of carbonyl (C=O) groups excluding carboxylic acids is 1.